The third-order valence-electron chi connectivity index (χ3n) is 5.72. The zero-order valence-corrected chi connectivity index (χ0v) is 15.8. The number of hydrogen-bond acceptors (Lipinski definition) is 2. The van der Waals surface area contributed by atoms with Crippen LogP contribution in [0, 0.1) is 0 Å². The smallest absolute Gasteiger partial charge is 0.258 e. The second-order valence-corrected chi connectivity index (χ2v) is 7.21. The Morgan fingerprint density at radius 3 is 2.04 bits per heavy atom. The van der Waals surface area contributed by atoms with E-state index in [1.807, 2.05) is 72.2 Å². The molecule has 1 aromatic heterocycles. The molecular formula is C25H21NO2. The molecular weight excluding hydrogens is 346 g/mol. The van der Waals surface area contributed by atoms with Gasteiger partial charge in [0.25, 0.3) is 5.56 Å². The van der Waals surface area contributed by atoms with Gasteiger partial charge in [0.05, 0.1) is 11.1 Å². The summed E-state index contributed by atoms with van der Waals surface area (Å²) in [6, 6.07) is 28.4. The summed E-state index contributed by atoms with van der Waals surface area (Å²) < 4.78 is 8.60. The lowest BCUT2D eigenvalue weighted by Crippen LogP contribution is -2.33. The summed E-state index contributed by atoms with van der Waals surface area (Å²) in [7, 11) is 0. The lowest BCUT2D eigenvalue weighted by Gasteiger charge is -2.30. The van der Waals surface area contributed by atoms with Gasteiger partial charge in [-0.25, -0.2) is 0 Å². The minimum absolute atomic E-state index is 0.0462. The first-order valence-electron chi connectivity index (χ1n) is 9.69. The maximum atomic E-state index is 13.3. The fourth-order valence-electron chi connectivity index (χ4n) is 4.38. The van der Waals surface area contributed by atoms with Crippen molar-refractivity contribution in [2.24, 2.45) is 0 Å². The Kier molecular flexibility index (Phi) is 3.83. The SMILES string of the molecule is CCn1c(=O)c2c(c3ccccc31)OC(c1ccccc1)(c1ccccc1)C2. The molecule has 0 bridgehead atoms. The summed E-state index contributed by atoms with van der Waals surface area (Å²) in [6.45, 7) is 2.65. The molecule has 0 spiro atoms. The Morgan fingerprint density at radius 2 is 1.43 bits per heavy atom. The number of rotatable bonds is 3. The number of hydrogen-bond donors (Lipinski definition) is 0. The van der Waals surface area contributed by atoms with Crippen LogP contribution < -0.4 is 10.3 Å². The predicted octanol–water partition coefficient (Wildman–Crippen LogP) is 4.90. The second kappa shape index (κ2) is 6.38. The molecule has 0 saturated heterocycles. The van der Waals surface area contributed by atoms with Gasteiger partial charge in [-0.15, -0.1) is 0 Å². The van der Waals surface area contributed by atoms with Crippen LogP contribution in [0.1, 0.15) is 23.6 Å². The average molecular weight is 367 g/mol. The largest absolute Gasteiger partial charge is 0.476 e. The minimum atomic E-state index is -0.695. The van der Waals surface area contributed by atoms with E-state index in [-0.39, 0.29) is 5.56 Å². The van der Waals surface area contributed by atoms with Crippen molar-refractivity contribution in [1.82, 2.24) is 4.57 Å². The number of ether oxygens (including phenoxy) is 1. The molecule has 5 rings (SSSR count). The molecule has 3 nitrogen and oxygen atoms in total. The summed E-state index contributed by atoms with van der Waals surface area (Å²) in [6.07, 6.45) is 0.528. The first-order chi connectivity index (χ1) is 13.7. The van der Waals surface area contributed by atoms with Crippen LogP contribution in [0.5, 0.6) is 5.75 Å². The van der Waals surface area contributed by atoms with Gasteiger partial charge >= 0.3 is 0 Å². The van der Waals surface area contributed by atoms with Crippen LogP contribution in [0.25, 0.3) is 10.9 Å². The number of para-hydroxylation sites is 1. The van der Waals surface area contributed by atoms with Crippen molar-refractivity contribution in [2.45, 2.75) is 25.5 Å². The standard InChI is InChI=1S/C25H21NO2/c1-2-26-22-16-10-9-15-20(22)23-21(24(26)27)17-25(28-23,18-11-5-3-6-12-18)19-13-7-4-8-14-19/h3-16H,2,17H2,1H3. The van der Waals surface area contributed by atoms with Gasteiger partial charge in [0.2, 0.25) is 0 Å². The topological polar surface area (TPSA) is 31.2 Å². The number of benzene rings is 3. The van der Waals surface area contributed by atoms with Crippen LogP contribution >= 0.6 is 0 Å². The Balaban J connectivity index is 1.82. The Hall–Kier alpha value is -3.33. The Labute approximate surface area is 163 Å². The van der Waals surface area contributed by atoms with Gasteiger partial charge in [-0.1, -0.05) is 72.8 Å². The molecule has 3 heteroatoms. The molecule has 0 radical (unpaired) electrons. The van der Waals surface area contributed by atoms with Gasteiger partial charge in [0.1, 0.15) is 5.75 Å². The van der Waals surface area contributed by atoms with E-state index in [1.54, 1.807) is 0 Å². The second-order valence-electron chi connectivity index (χ2n) is 7.21. The highest BCUT2D eigenvalue weighted by atomic mass is 16.5. The van der Waals surface area contributed by atoms with Crippen molar-refractivity contribution in [3.63, 3.8) is 0 Å². The first-order valence-corrected chi connectivity index (χ1v) is 9.69. The molecule has 4 aromatic rings. The maximum Gasteiger partial charge on any atom is 0.258 e. The van der Waals surface area contributed by atoms with Crippen LogP contribution in [-0.2, 0) is 18.6 Å². The van der Waals surface area contributed by atoms with E-state index >= 15 is 0 Å². The van der Waals surface area contributed by atoms with Crippen LogP contribution in [0.4, 0.5) is 0 Å². The number of pyridine rings is 1. The molecule has 28 heavy (non-hydrogen) atoms. The molecule has 2 heterocycles. The number of fused-ring (bicyclic) bond motifs is 3. The zero-order valence-electron chi connectivity index (χ0n) is 15.8. The lowest BCUT2D eigenvalue weighted by atomic mass is 9.83. The van der Waals surface area contributed by atoms with Gasteiger partial charge < -0.3 is 9.30 Å². The van der Waals surface area contributed by atoms with Gasteiger partial charge in [0.15, 0.2) is 5.60 Å². The molecule has 0 aliphatic carbocycles. The highest BCUT2D eigenvalue weighted by molar-refractivity contribution is 5.87. The van der Waals surface area contributed by atoms with Crippen molar-refractivity contribution in [3.05, 3.63) is 112 Å². The third kappa shape index (κ3) is 2.32. The summed E-state index contributed by atoms with van der Waals surface area (Å²) in [5.41, 5.74) is 3.15. The van der Waals surface area contributed by atoms with E-state index in [0.29, 0.717) is 13.0 Å². The van der Waals surface area contributed by atoms with E-state index in [1.165, 1.54) is 0 Å². The molecule has 0 atom stereocenters. The van der Waals surface area contributed by atoms with E-state index < -0.39 is 5.60 Å². The van der Waals surface area contributed by atoms with Crippen molar-refractivity contribution < 1.29 is 4.74 Å². The zero-order chi connectivity index (χ0) is 19.1. The quantitative estimate of drug-likeness (QED) is 0.516. The van der Waals surface area contributed by atoms with Crippen LogP contribution in [0.15, 0.2) is 89.7 Å². The molecule has 3 aromatic carbocycles. The van der Waals surface area contributed by atoms with Crippen molar-refractivity contribution in [1.29, 1.82) is 0 Å². The van der Waals surface area contributed by atoms with Crippen LogP contribution in [0.3, 0.4) is 0 Å². The van der Waals surface area contributed by atoms with Crippen molar-refractivity contribution in [3.8, 4) is 5.75 Å². The highest BCUT2D eigenvalue weighted by Gasteiger charge is 2.45. The average Bonchev–Trinajstić information content (AvgIpc) is 3.18. The first kappa shape index (κ1) is 16.8. The monoisotopic (exact) mass is 367 g/mol. The van der Waals surface area contributed by atoms with E-state index in [9.17, 15) is 4.79 Å². The summed E-state index contributed by atoms with van der Waals surface area (Å²) >= 11 is 0. The predicted molar refractivity (Wildman–Crippen MR) is 112 cm³/mol. The van der Waals surface area contributed by atoms with Gasteiger partial charge in [-0.05, 0) is 19.1 Å². The van der Waals surface area contributed by atoms with Crippen LogP contribution in [0.2, 0.25) is 0 Å². The normalized spacial score (nSPS) is 14.6. The van der Waals surface area contributed by atoms with E-state index in [2.05, 4.69) is 24.3 Å². The molecule has 0 fully saturated rings. The Bertz CT molecular complexity index is 1170. The van der Waals surface area contributed by atoms with Gasteiger partial charge in [-0.3, -0.25) is 4.79 Å². The Morgan fingerprint density at radius 1 is 0.857 bits per heavy atom. The van der Waals surface area contributed by atoms with Crippen LogP contribution in [-0.4, -0.2) is 4.57 Å². The summed E-state index contributed by atoms with van der Waals surface area (Å²) in [5, 5.41) is 0.993. The van der Waals surface area contributed by atoms with Gasteiger partial charge in [0, 0.05) is 29.5 Å². The summed E-state index contributed by atoms with van der Waals surface area (Å²) in [5.74, 6) is 0.720. The summed E-state index contributed by atoms with van der Waals surface area (Å²) in [4.78, 5) is 13.3. The fourth-order valence-corrected chi connectivity index (χ4v) is 4.38. The fraction of sp³-hybridized carbons (Fsp3) is 0.160. The molecule has 0 unspecified atom stereocenters. The van der Waals surface area contributed by atoms with E-state index in [4.69, 9.17) is 4.74 Å². The number of aromatic nitrogens is 1. The van der Waals surface area contributed by atoms with Crippen molar-refractivity contribution in [2.75, 3.05) is 0 Å². The number of nitrogens with zero attached hydrogens (tertiary/aromatic N) is 1. The minimum Gasteiger partial charge on any atom is -0.476 e. The molecule has 0 N–H and O–H groups in total. The highest BCUT2D eigenvalue weighted by Crippen LogP contribution is 2.47. The molecule has 0 saturated carbocycles. The third-order valence-corrected chi connectivity index (χ3v) is 5.72. The van der Waals surface area contributed by atoms with Crippen molar-refractivity contribution >= 4 is 10.9 Å². The number of aryl methyl sites for hydroxylation is 1. The maximum absolute atomic E-state index is 13.3. The van der Waals surface area contributed by atoms with E-state index in [0.717, 1.165) is 33.3 Å². The molecule has 0 amide bonds. The molecule has 1 aliphatic rings. The molecule has 1 aliphatic heterocycles. The lowest BCUT2D eigenvalue weighted by molar-refractivity contribution is 0.142. The van der Waals surface area contributed by atoms with Gasteiger partial charge in [-0.2, -0.15) is 0 Å². The molecule has 138 valence electrons.